The van der Waals surface area contributed by atoms with Crippen LogP contribution in [0.4, 0.5) is 5.95 Å². The first-order valence-electron chi connectivity index (χ1n) is 9.37. The molecule has 148 valence electrons. The molecule has 2 aromatic heterocycles. The quantitative estimate of drug-likeness (QED) is 0.708. The number of ketones is 1. The maximum atomic E-state index is 13.4. The number of carbonyl (C=O) groups is 1. The van der Waals surface area contributed by atoms with Crippen molar-refractivity contribution in [2.75, 3.05) is 19.5 Å². The molecule has 0 spiro atoms. The monoisotopic (exact) mass is 408 g/mol. The molecule has 0 amide bonds. The Hall–Kier alpha value is -3.13. The van der Waals surface area contributed by atoms with Crippen molar-refractivity contribution in [2.45, 2.75) is 24.8 Å². The van der Waals surface area contributed by atoms with Crippen molar-refractivity contribution in [3.8, 4) is 11.5 Å². The number of thiophene rings is 1. The lowest BCUT2D eigenvalue weighted by Crippen LogP contribution is -2.33. The van der Waals surface area contributed by atoms with Crippen LogP contribution in [0.1, 0.15) is 35.2 Å². The molecule has 29 heavy (non-hydrogen) atoms. The Kier molecular flexibility index (Phi) is 4.35. The number of carbonyl (C=O) groups excluding carboxylic acids is 1. The van der Waals surface area contributed by atoms with Crippen molar-refractivity contribution in [3.63, 3.8) is 0 Å². The summed E-state index contributed by atoms with van der Waals surface area (Å²) in [7, 11) is 3.25. The van der Waals surface area contributed by atoms with E-state index in [-0.39, 0.29) is 11.7 Å². The van der Waals surface area contributed by atoms with Crippen molar-refractivity contribution in [1.82, 2.24) is 14.8 Å². The van der Waals surface area contributed by atoms with Gasteiger partial charge in [-0.15, -0.1) is 11.3 Å². The molecule has 2 atom stereocenters. The molecule has 8 heteroatoms. The van der Waals surface area contributed by atoms with Gasteiger partial charge in [0.1, 0.15) is 23.9 Å². The molecule has 0 saturated heterocycles. The van der Waals surface area contributed by atoms with Gasteiger partial charge in [0.15, 0.2) is 5.78 Å². The first-order chi connectivity index (χ1) is 14.2. The number of rotatable bonds is 4. The Morgan fingerprint density at radius 1 is 1.21 bits per heavy atom. The van der Waals surface area contributed by atoms with Crippen LogP contribution in [0, 0.1) is 0 Å². The van der Waals surface area contributed by atoms with E-state index in [2.05, 4.69) is 26.8 Å². The fourth-order valence-electron chi connectivity index (χ4n) is 4.22. The highest BCUT2D eigenvalue weighted by molar-refractivity contribution is 7.10. The first-order valence-corrected chi connectivity index (χ1v) is 10.3. The molecule has 0 saturated carbocycles. The van der Waals surface area contributed by atoms with Crippen LogP contribution < -0.4 is 14.8 Å². The number of benzene rings is 1. The van der Waals surface area contributed by atoms with Gasteiger partial charge in [-0.1, -0.05) is 6.07 Å². The van der Waals surface area contributed by atoms with Gasteiger partial charge >= 0.3 is 0 Å². The maximum Gasteiger partial charge on any atom is 0.226 e. The van der Waals surface area contributed by atoms with Gasteiger partial charge < -0.3 is 14.8 Å². The number of hydrogen-bond donors (Lipinski definition) is 1. The van der Waals surface area contributed by atoms with Crippen molar-refractivity contribution in [2.24, 2.45) is 0 Å². The summed E-state index contributed by atoms with van der Waals surface area (Å²) < 4.78 is 12.8. The zero-order chi connectivity index (χ0) is 20.0. The minimum atomic E-state index is -0.411. The summed E-state index contributed by atoms with van der Waals surface area (Å²) in [6.45, 7) is 0. The molecule has 1 aliphatic carbocycles. The number of nitrogens with zero attached hydrogens (tertiary/aromatic N) is 3. The average molecular weight is 408 g/mol. The van der Waals surface area contributed by atoms with Gasteiger partial charge in [-0.05, 0) is 36.1 Å². The van der Waals surface area contributed by atoms with Gasteiger partial charge in [0.05, 0.1) is 14.2 Å². The molecule has 0 fully saturated rings. The van der Waals surface area contributed by atoms with Crippen LogP contribution in [-0.4, -0.2) is 34.8 Å². The Balaban J connectivity index is 1.66. The van der Waals surface area contributed by atoms with E-state index in [0.717, 1.165) is 23.3 Å². The molecule has 0 unspecified atom stereocenters. The van der Waals surface area contributed by atoms with E-state index in [1.165, 1.54) is 11.2 Å². The Bertz CT molecular complexity index is 1100. The molecule has 7 nitrogen and oxygen atoms in total. The largest absolute Gasteiger partial charge is 0.497 e. The summed E-state index contributed by atoms with van der Waals surface area (Å²) in [5.74, 6) is 2.30. The topological polar surface area (TPSA) is 78.3 Å². The third-order valence-electron chi connectivity index (χ3n) is 5.54. The predicted octanol–water partition coefficient (Wildman–Crippen LogP) is 3.77. The Morgan fingerprint density at radius 2 is 2.10 bits per heavy atom. The predicted molar refractivity (Wildman–Crippen MR) is 110 cm³/mol. The fraction of sp³-hybridized carbons (Fsp3) is 0.286. The smallest absolute Gasteiger partial charge is 0.226 e. The molecule has 3 heterocycles. The zero-order valence-electron chi connectivity index (χ0n) is 16.1. The minimum Gasteiger partial charge on any atom is -0.497 e. The van der Waals surface area contributed by atoms with Crippen LogP contribution in [0.5, 0.6) is 11.5 Å². The summed E-state index contributed by atoms with van der Waals surface area (Å²) in [4.78, 5) is 19.0. The number of anilines is 1. The molecule has 1 aromatic carbocycles. The summed E-state index contributed by atoms with van der Waals surface area (Å²) >= 11 is 1.69. The van der Waals surface area contributed by atoms with Crippen molar-refractivity contribution < 1.29 is 14.3 Å². The SMILES string of the molecule is COc1ccc(OC)c([C@H]2C3=C(C[C@H](c4cccs4)CC3=O)Nc3ncnn32)c1. The first kappa shape index (κ1) is 17.9. The van der Waals surface area contributed by atoms with E-state index in [1.54, 1.807) is 30.2 Å². The van der Waals surface area contributed by atoms with E-state index in [4.69, 9.17) is 9.47 Å². The van der Waals surface area contributed by atoms with E-state index in [1.807, 2.05) is 24.3 Å². The third-order valence-corrected chi connectivity index (χ3v) is 6.57. The molecule has 1 aliphatic heterocycles. The van der Waals surface area contributed by atoms with Crippen molar-refractivity contribution in [1.29, 1.82) is 0 Å². The van der Waals surface area contributed by atoms with Crippen LogP contribution in [0.2, 0.25) is 0 Å². The fourth-order valence-corrected chi connectivity index (χ4v) is 5.05. The van der Waals surface area contributed by atoms with E-state index in [0.29, 0.717) is 23.9 Å². The third kappa shape index (κ3) is 2.91. The van der Waals surface area contributed by atoms with E-state index in [9.17, 15) is 4.79 Å². The molecule has 1 N–H and O–H groups in total. The van der Waals surface area contributed by atoms with Gasteiger partial charge in [-0.2, -0.15) is 10.1 Å². The van der Waals surface area contributed by atoms with E-state index >= 15 is 0 Å². The summed E-state index contributed by atoms with van der Waals surface area (Å²) in [6, 6.07) is 9.32. The van der Waals surface area contributed by atoms with Crippen molar-refractivity contribution >= 4 is 23.1 Å². The normalized spacial score (nSPS) is 20.7. The molecule has 5 rings (SSSR count). The Labute approximate surface area is 172 Å². The number of fused-ring (bicyclic) bond motifs is 1. The van der Waals surface area contributed by atoms with Gasteiger partial charge in [0.25, 0.3) is 0 Å². The summed E-state index contributed by atoms with van der Waals surface area (Å²) in [5, 5.41) is 9.80. The Morgan fingerprint density at radius 3 is 2.86 bits per heavy atom. The standard InChI is InChI=1S/C21H20N4O3S/c1-27-13-5-6-17(28-2)14(10-13)20-19-15(24-21-22-11-23-25(20)21)8-12(9-16(19)26)18-4-3-7-29-18/h3-7,10-12,20H,8-9H2,1-2H3,(H,22,23,24)/t12-,20-/m0/s1. The molecular weight excluding hydrogens is 388 g/mol. The van der Waals surface area contributed by atoms with Gasteiger partial charge in [-0.3, -0.25) is 4.79 Å². The highest BCUT2D eigenvalue weighted by Gasteiger charge is 2.40. The molecule has 3 aromatic rings. The van der Waals surface area contributed by atoms with Crippen molar-refractivity contribution in [3.05, 3.63) is 63.7 Å². The maximum absolute atomic E-state index is 13.4. The molecule has 0 bridgehead atoms. The second-order valence-electron chi connectivity index (χ2n) is 7.10. The summed E-state index contributed by atoms with van der Waals surface area (Å²) in [5.41, 5.74) is 2.47. The average Bonchev–Trinajstić information content (AvgIpc) is 3.43. The lowest BCUT2D eigenvalue weighted by atomic mass is 9.80. The number of Topliss-reactive ketones (excluding diaryl/α,β-unsaturated/α-hetero) is 1. The number of ether oxygens (including phenoxy) is 2. The van der Waals surface area contributed by atoms with Crippen LogP contribution in [-0.2, 0) is 4.79 Å². The molecule has 0 radical (unpaired) electrons. The number of aromatic nitrogens is 3. The highest BCUT2D eigenvalue weighted by atomic mass is 32.1. The van der Waals surface area contributed by atoms with Gasteiger partial charge in [0.2, 0.25) is 5.95 Å². The second-order valence-corrected chi connectivity index (χ2v) is 8.08. The van der Waals surface area contributed by atoms with Crippen LogP contribution in [0.3, 0.4) is 0 Å². The number of methoxy groups -OCH3 is 2. The minimum absolute atomic E-state index is 0.119. The molecular formula is C21H20N4O3S. The number of nitrogens with one attached hydrogen (secondary N) is 1. The van der Waals surface area contributed by atoms with Crippen LogP contribution in [0.25, 0.3) is 0 Å². The van der Waals surface area contributed by atoms with Gasteiger partial charge in [-0.25, -0.2) is 4.68 Å². The van der Waals surface area contributed by atoms with Gasteiger partial charge in [0, 0.05) is 34.0 Å². The number of allylic oxidation sites excluding steroid dienone is 2. The zero-order valence-corrected chi connectivity index (χ0v) is 16.9. The van der Waals surface area contributed by atoms with Crippen LogP contribution in [0.15, 0.2) is 53.3 Å². The van der Waals surface area contributed by atoms with E-state index < -0.39 is 6.04 Å². The number of hydrogen-bond acceptors (Lipinski definition) is 7. The molecule has 2 aliphatic rings. The van der Waals surface area contributed by atoms with Crippen LogP contribution >= 0.6 is 11.3 Å². The second kappa shape index (κ2) is 7.04. The lowest BCUT2D eigenvalue weighted by Gasteiger charge is -2.35. The summed E-state index contributed by atoms with van der Waals surface area (Å²) in [6.07, 6.45) is 2.74. The highest BCUT2D eigenvalue weighted by Crippen LogP contribution is 2.46. The lowest BCUT2D eigenvalue weighted by molar-refractivity contribution is -0.116.